The molecule has 0 saturated carbocycles. The number of rotatable bonds is 2. The Hall–Kier alpha value is -2.54. The van der Waals surface area contributed by atoms with Crippen LogP contribution in [0, 0.1) is 0 Å². The van der Waals surface area contributed by atoms with Gasteiger partial charge in [-0.25, -0.2) is 9.97 Å². The van der Waals surface area contributed by atoms with Gasteiger partial charge in [-0.3, -0.25) is 19.5 Å². The molecule has 0 atom stereocenters. The molecular weight excluding hydrogens is 312 g/mol. The summed E-state index contributed by atoms with van der Waals surface area (Å²) in [5.41, 5.74) is 1.03. The minimum atomic E-state index is -0.249. The molecule has 4 rings (SSSR count). The van der Waals surface area contributed by atoms with Crippen LogP contribution in [0.4, 0.5) is 5.13 Å². The first kappa shape index (κ1) is 14.1. The van der Waals surface area contributed by atoms with Gasteiger partial charge in [-0.1, -0.05) is 0 Å². The molecule has 23 heavy (non-hydrogen) atoms. The summed E-state index contributed by atoms with van der Waals surface area (Å²) in [6.07, 6.45) is 4.49. The molecule has 0 radical (unpaired) electrons. The largest absolute Gasteiger partial charge is 0.298 e. The maximum Gasteiger partial charge on any atom is 0.261 e. The molecule has 0 unspecified atom stereocenters. The monoisotopic (exact) mass is 326 g/mol. The molecular formula is C16H14N4O2S. The second-order valence-electron chi connectivity index (χ2n) is 5.47. The SMILES string of the molecule is O=C(Nc1nccs1)c1ccc2c(=O)n3c(nc2c1)CCCC3. The summed E-state index contributed by atoms with van der Waals surface area (Å²) in [5, 5.41) is 5.64. The van der Waals surface area contributed by atoms with Gasteiger partial charge in [0.2, 0.25) is 0 Å². The van der Waals surface area contributed by atoms with E-state index in [9.17, 15) is 9.59 Å². The summed E-state index contributed by atoms with van der Waals surface area (Å²) in [4.78, 5) is 33.4. The predicted octanol–water partition coefficient (Wildman–Crippen LogP) is 2.44. The molecule has 7 heteroatoms. The van der Waals surface area contributed by atoms with Crippen LogP contribution in [0.15, 0.2) is 34.6 Å². The number of carbonyl (C=O) groups excluding carboxylic acids is 1. The standard InChI is InChI=1S/C16H14N4O2S/c21-14(19-16-17-6-8-23-16)10-4-5-11-12(9-10)18-13-3-1-2-7-20(13)15(11)22/h4-6,8-9H,1-3,7H2,(H,17,19,21). The molecule has 2 aromatic heterocycles. The number of nitrogens with zero attached hydrogens (tertiary/aromatic N) is 3. The van der Waals surface area contributed by atoms with E-state index in [2.05, 4.69) is 15.3 Å². The highest BCUT2D eigenvalue weighted by molar-refractivity contribution is 7.13. The van der Waals surface area contributed by atoms with Crippen LogP contribution in [-0.4, -0.2) is 20.4 Å². The second kappa shape index (κ2) is 5.58. The van der Waals surface area contributed by atoms with Crippen molar-refractivity contribution in [2.75, 3.05) is 5.32 Å². The fourth-order valence-corrected chi connectivity index (χ4v) is 3.36. The zero-order valence-electron chi connectivity index (χ0n) is 12.3. The van der Waals surface area contributed by atoms with E-state index in [1.165, 1.54) is 11.3 Å². The lowest BCUT2D eigenvalue weighted by molar-refractivity contribution is 0.102. The van der Waals surface area contributed by atoms with Gasteiger partial charge in [0.1, 0.15) is 5.82 Å². The van der Waals surface area contributed by atoms with E-state index in [1.807, 2.05) is 0 Å². The number of carbonyl (C=O) groups is 1. The van der Waals surface area contributed by atoms with Crippen molar-refractivity contribution in [1.29, 1.82) is 0 Å². The van der Waals surface area contributed by atoms with Crippen LogP contribution >= 0.6 is 11.3 Å². The third kappa shape index (κ3) is 2.53. The molecule has 3 aromatic rings. The number of fused-ring (bicyclic) bond motifs is 2. The number of aryl methyl sites for hydroxylation is 1. The van der Waals surface area contributed by atoms with Crippen molar-refractivity contribution in [1.82, 2.24) is 14.5 Å². The van der Waals surface area contributed by atoms with Gasteiger partial charge >= 0.3 is 0 Å². The molecule has 116 valence electrons. The van der Waals surface area contributed by atoms with E-state index in [4.69, 9.17) is 0 Å². The first-order valence-electron chi connectivity index (χ1n) is 7.47. The average molecular weight is 326 g/mol. The molecule has 0 bridgehead atoms. The highest BCUT2D eigenvalue weighted by Gasteiger charge is 2.16. The van der Waals surface area contributed by atoms with E-state index < -0.39 is 0 Å². The number of thiazole rings is 1. The normalized spacial score (nSPS) is 13.7. The maximum absolute atomic E-state index is 12.5. The van der Waals surface area contributed by atoms with E-state index in [-0.39, 0.29) is 11.5 Å². The van der Waals surface area contributed by atoms with Crippen molar-refractivity contribution >= 4 is 33.3 Å². The lowest BCUT2D eigenvalue weighted by Crippen LogP contribution is -2.28. The molecule has 6 nitrogen and oxygen atoms in total. The summed E-state index contributed by atoms with van der Waals surface area (Å²) < 4.78 is 1.75. The quantitative estimate of drug-likeness (QED) is 0.785. The highest BCUT2D eigenvalue weighted by Crippen LogP contribution is 2.18. The maximum atomic E-state index is 12.5. The van der Waals surface area contributed by atoms with Gasteiger partial charge in [0, 0.05) is 30.1 Å². The van der Waals surface area contributed by atoms with Crippen LogP contribution in [0.2, 0.25) is 0 Å². The van der Waals surface area contributed by atoms with Gasteiger partial charge < -0.3 is 0 Å². The highest BCUT2D eigenvalue weighted by atomic mass is 32.1. The van der Waals surface area contributed by atoms with Crippen LogP contribution < -0.4 is 10.9 Å². The number of hydrogen-bond donors (Lipinski definition) is 1. The van der Waals surface area contributed by atoms with E-state index >= 15 is 0 Å². The lowest BCUT2D eigenvalue weighted by Gasteiger charge is -2.17. The number of hydrogen-bond acceptors (Lipinski definition) is 5. The summed E-state index contributed by atoms with van der Waals surface area (Å²) in [6.45, 7) is 0.726. The Morgan fingerprint density at radius 1 is 1.30 bits per heavy atom. The molecule has 0 aliphatic carbocycles. The van der Waals surface area contributed by atoms with Gasteiger partial charge in [0.15, 0.2) is 5.13 Å². The fourth-order valence-electron chi connectivity index (χ4n) is 2.84. The lowest BCUT2D eigenvalue weighted by atomic mass is 10.1. The number of amides is 1. The Morgan fingerprint density at radius 3 is 3.04 bits per heavy atom. The molecule has 0 fully saturated rings. The summed E-state index contributed by atoms with van der Waals surface area (Å²) in [5.74, 6) is 0.563. The van der Waals surface area contributed by atoms with E-state index in [0.717, 1.165) is 31.6 Å². The Labute approximate surface area is 135 Å². The second-order valence-corrected chi connectivity index (χ2v) is 6.36. The molecule has 0 spiro atoms. The summed E-state index contributed by atoms with van der Waals surface area (Å²) in [6, 6.07) is 5.02. The van der Waals surface area contributed by atoms with Crippen LogP contribution in [0.5, 0.6) is 0 Å². The first-order chi connectivity index (χ1) is 11.2. The summed E-state index contributed by atoms with van der Waals surface area (Å²) >= 11 is 1.36. The molecule has 1 aliphatic rings. The average Bonchev–Trinajstić information content (AvgIpc) is 3.07. The third-order valence-electron chi connectivity index (χ3n) is 3.98. The molecule has 1 N–H and O–H groups in total. The minimum Gasteiger partial charge on any atom is -0.298 e. The van der Waals surface area contributed by atoms with Gasteiger partial charge in [0.05, 0.1) is 10.9 Å². The Balaban J connectivity index is 1.76. The predicted molar refractivity (Wildman–Crippen MR) is 89.0 cm³/mol. The van der Waals surface area contributed by atoms with Crippen molar-refractivity contribution in [3.8, 4) is 0 Å². The van der Waals surface area contributed by atoms with Crippen molar-refractivity contribution in [2.45, 2.75) is 25.8 Å². The van der Waals surface area contributed by atoms with Crippen LogP contribution in [-0.2, 0) is 13.0 Å². The minimum absolute atomic E-state index is 0.0171. The molecule has 1 amide bonds. The fraction of sp³-hybridized carbons (Fsp3) is 0.250. The number of aromatic nitrogens is 3. The van der Waals surface area contributed by atoms with Crippen LogP contribution in [0.1, 0.15) is 29.0 Å². The first-order valence-corrected chi connectivity index (χ1v) is 8.35. The molecule has 0 saturated heterocycles. The number of anilines is 1. The third-order valence-corrected chi connectivity index (χ3v) is 4.67. The molecule has 1 aliphatic heterocycles. The zero-order chi connectivity index (χ0) is 15.8. The van der Waals surface area contributed by atoms with Crippen molar-refractivity contribution < 1.29 is 4.79 Å². The molecule has 3 heterocycles. The van der Waals surface area contributed by atoms with Crippen molar-refractivity contribution in [3.05, 3.63) is 51.5 Å². The van der Waals surface area contributed by atoms with Gasteiger partial charge in [-0.05, 0) is 31.0 Å². The topological polar surface area (TPSA) is 76.9 Å². The zero-order valence-corrected chi connectivity index (χ0v) is 13.1. The van der Waals surface area contributed by atoms with Gasteiger partial charge in [0.25, 0.3) is 11.5 Å². The Morgan fingerprint density at radius 2 is 2.22 bits per heavy atom. The Bertz CT molecular complexity index is 947. The number of nitrogens with one attached hydrogen (secondary N) is 1. The number of benzene rings is 1. The van der Waals surface area contributed by atoms with Crippen molar-refractivity contribution in [3.63, 3.8) is 0 Å². The van der Waals surface area contributed by atoms with Crippen LogP contribution in [0.3, 0.4) is 0 Å². The summed E-state index contributed by atoms with van der Waals surface area (Å²) in [7, 11) is 0. The van der Waals surface area contributed by atoms with E-state index in [1.54, 1.807) is 34.3 Å². The Kier molecular flexibility index (Phi) is 3.42. The van der Waals surface area contributed by atoms with Crippen LogP contribution in [0.25, 0.3) is 10.9 Å². The smallest absolute Gasteiger partial charge is 0.261 e. The molecule has 1 aromatic carbocycles. The van der Waals surface area contributed by atoms with Crippen molar-refractivity contribution in [2.24, 2.45) is 0 Å². The van der Waals surface area contributed by atoms with Gasteiger partial charge in [-0.2, -0.15) is 0 Å². The van der Waals surface area contributed by atoms with Gasteiger partial charge in [-0.15, -0.1) is 11.3 Å². The van der Waals surface area contributed by atoms with E-state index in [0.29, 0.717) is 21.6 Å².